The van der Waals surface area contributed by atoms with Gasteiger partial charge < -0.3 is 9.47 Å². The lowest BCUT2D eigenvalue weighted by atomic mass is 10.2. The molecule has 3 heterocycles. The first-order valence-electron chi connectivity index (χ1n) is 9.33. The van der Waals surface area contributed by atoms with E-state index < -0.39 is 25.2 Å². The van der Waals surface area contributed by atoms with E-state index in [2.05, 4.69) is 15.1 Å². The van der Waals surface area contributed by atoms with Crippen LogP contribution in [0.3, 0.4) is 0 Å². The van der Waals surface area contributed by atoms with Crippen molar-refractivity contribution in [2.75, 3.05) is 13.2 Å². The number of carbonyl (C=O) groups is 1. The van der Waals surface area contributed by atoms with Crippen molar-refractivity contribution in [2.45, 2.75) is 39.9 Å². The number of esters is 1. The largest absolute Gasteiger partial charge is 0.477 e. The highest BCUT2D eigenvalue weighted by Gasteiger charge is 2.27. The molecule has 3 aromatic rings. The van der Waals surface area contributed by atoms with Crippen LogP contribution in [0.5, 0.6) is 5.88 Å². The predicted octanol–water partition coefficient (Wildman–Crippen LogP) is 4.00. The first kappa shape index (κ1) is 21.5. The zero-order chi connectivity index (χ0) is 21.9. The molecule has 0 bridgehead atoms. The molecular weight excluding hydrogens is 401 g/mol. The summed E-state index contributed by atoms with van der Waals surface area (Å²) in [6.07, 6.45) is -2.08. The molecule has 0 aromatic carbocycles. The standard InChI is InChI=1S/C20H21F3N4O3/c1-4-29-19(28)17-15-11-27(26-16(15)8-13(3)25-17)10-14-7-12(2)18(24-9-14)30-6-5-20(21,22)23/h7-9,11H,4-6,10H2,1-3H3. The average molecular weight is 422 g/mol. The number of alkyl halides is 3. The molecule has 0 aliphatic carbocycles. The van der Waals surface area contributed by atoms with Crippen molar-refractivity contribution in [1.82, 2.24) is 19.7 Å². The Kier molecular flexibility index (Phi) is 6.23. The number of aryl methyl sites for hydroxylation is 2. The number of halogens is 3. The van der Waals surface area contributed by atoms with Gasteiger partial charge in [0.2, 0.25) is 5.88 Å². The molecule has 0 amide bonds. The van der Waals surface area contributed by atoms with Crippen molar-refractivity contribution >= 4 is 16.9 Å². The molecule has 0 radical (unpaired) electrons. The Balaban J connectivity index is 1.78. The third-order valence-electron chi connectivity index (χ3n) is 4.20. The average Bonchev–Trinajstić information content (AvgIpc) is 3.04. The van der Waals surface area contributed by atoms with Gasteiger partial charge in [-0.05, 0) is 38.5 Å². The van der Waals surface area contributed by atoms with Crippen LogP contribution in [-0.2, 0) is 11.3 Å². The molecule has 0 fully saturated rings. The summed E-state index contributed by atoms with van der Waals surface area (Å²) in [5, 5.41) is 5.07. The minimum Gasteiger partial charge on any atom is -0.477 e. The summed E-state index contributed by atoms with van der Waals surface area (Å²) >= 11 is 0. The summed E-state index contributed by atoms with van der Waals surface area (Å²) in [4.78, 5) is 20.6. The van der Waals surface area contributed by atoms with Gasteiger partial charge >= 0.3 is 12.1 Å². The zero-order valence-electron chi connectivity index (χ0n) is 16.8. The van der Waals surface area contributed by atoms with Gasteiger partial charge in [-0.25, -0.2) is 14.8 Å². The van der Waals surface area contributed by atoms with Crippen LogP contribution in [0.25, 0.3) is 10.9 Å². The second-order valence-electron chi connectivity index (χ2n) is 6.77. The normalized spacial score (nSPS) is 11.7. The second-order valence-corrected chi connectivity index (χ2v) is 6.77. The summed E-state index contributed by atoms with van der Waals surface area (Å²) in [5.74, 6) is -0.346. The molecule has 0 spiro atoms. The molecule has 0 saturated carbocycles. The predicted molar refractivity (Wildman–Crippen MR) is 102 cm³/mol. The molecule has 7 nitrogen and oxygen atoms in total. The first-order chi connectivity index (χ1) is 14.2. The highest BCUT2D eigenvalue weighted by atomic mass is 19.4. The number of ether oxygens (including phenoxy) is 2. The van der Waals surface area contributed by atoms with E-state index in [1.807, 2.05) is 0 Å². The van der Waals surface area contributed by atoms with Crippen molar-refractivity contribution in [3.05, 3.63) is 47.0 Å². The molecule has 30 heavy (non-hydrogen) atoms. The molecular formula is C20H21F3N4O3. The topological polar surface area (TPSA) is 79.1 Å². The lowest BCUT2D eigenvalue weighted by Crippen LogP contribution is -2.14. The minimum absolute atomic E-state index is 0.165. The van der Waals surface area contributed by atoms with Crippen molar-refractivity contribution in [1.29, 1.82) is 0 Å². The Morgan fingerprint density at radius 1 is 1.23 bits per heavy atom. The number of aromatic nitrogens is 4. The monoisotopic (exact) mass is 422 g/mol. The Hall–Kier alpha value is -3.17. The van der Waals surface area contributed by atoms with Gasteiger partial charge in [-0.2, -0.15) is 18.3 Å². The van der Waals surface area contributed by atoms with Gasteiger partial charge in [-0.3, -0.25) is 4.68 Å². The third kappa shape index (κ3) is 5.25. The van der Waals surface area contributed by atoms with E-state index in [0.717, 1.165) is 5.56 Å². The Bertz CT molecular complexity index is 1060. The van der Waals surface area contributed by atoms with Crippen LogP contribution in [0.2, 0.25) is 0 Å². The summed E-state index contributed by atoms with van der Waals surface area (Å²) < 4.78 is 48.6. The number of hydrogen-bond acceptors (Lipinski definition) is 6. The molecule has 160 valence electrons. The van der Waals surface area contributed by atoms with E-state index in [-0.39, 0.29) is 18.2 Å². The van der Waals surface area contributed by atoms with E-state index in [1.165, 1.54) is 6.20 Å². The number of rotatable bonds is 7. The van der Waals surface area contributed by atoms with E-state index in [9.17, 15) is 18.0 Å². The number of pyridine rings is 2. The minimum atomic E-state index is -4.27. The summed E-state index contributed by atoms with van der Waals surface area (Å²) in [6, 6.07) is 3.55. The summed E-state index contributed by atoms with van der Waals surface area (Å²) in [5.41, 5.74) is 2.87. The lowest BCUT2D eigenvalue weighted by Gasteiger charge is -2.11. The maximum Gasteiger partial charge on any atom is 0.392 e. The molecule has 0 unspecified atom stereocenters. The Labute approximate surface area is 170 Å². The van der Waals surface area contributed by atoms with Gasteiger partial charge in [0.25, 0.3) is 0 Å². The quantitative estimate of drug-likeness (QED) is 0.536. The number of hydrogen-bond donors (Lipinski definition) is 0. The van der Waals surface area contributed by atoms with Gasteiger partial charge in [0.05, 0.1) is 37.1 Å². The third-order valence-corrected chi connectivity index (χ3v) is 4.20. The molecule has 0 N–H and O–H groups in total. The van der Waals surface area contributed by atoms with Crippen LogP contribution in [0.1, 0.15) is 40.7 Å². The second kappa shape index (κ2) is 8.68. The van der Waals surface area contributed by atoms with Crippen molar-refractivity contribution in [3.63, 3.8) is 0 Å². The highest BCUT2D eigenvalue weighted by molar-refractivity contribution is 6.01. The van der Waals surface area contributed by atoms with E-state index in [1.54, 1.807) is 43.8 Å². The number of carbonyl (C=O) groups excluding carboxylic acids is 1. The van der Waals surface area contributed by atoms with Gasteiger partial charge in [-0.15, -0.1) is 0 Å². The lowest BCUT2D eigenvalue weighted by molar-refractivity contribution is -0.139. The van der Waals surface area contributed by atoms with E-state index in [4.69, 9.17) is 9.47 Å². The first-order valence-corrected chi connectivity index (χ1v) is 9.33. The fourth-order valence-corrected chi connectivity index (χ4v) is 2.94. The molecule has 3 rings (SSSR count). The van der Waals surface area contributed by atoms with E-state index >= 15 is 0 Å². The zero-order valence-corrected chi connectivity index (χ0v) is 16.8. The molecule has 10 heteroatoms. The van der Waals surface area contributed by atoms with E-state index in [0.29, 0.717) is 28.7 Å². The smallest absolute Gasteiger partial charge is 0.392 e. The Morgan fingerprint density at radius 3 is 2.67 bits per heavy atom. The Morgan fingerprint density at radius 2 is 2.00 bits per heavy atom. The number of fused-ring (bicyclic) bond motifs is 1. The summed E-state index contributed by atoms with van der Waals surface area (Å²) in [6.45, 7) is 5.32. The molecule has 3 aromatic heterocycles. The van der Waals surface area contributed by atoms with Crippen molar-refractivity contribution < 1.29 is 27.4 Å². The van der Waals surface area contributed by atoms with Crippen LogP contribution in [0.4, 0.5) is 13.2 Å². The molecule has 0 saturated heterocycles. The fourth-order valence-electron chi connectivity index (χ4n) is 2.94. The van der Waals surface area contributed by atoms with Crippen LogP contribution >= 0.6 is 0 Å². The maximum atomic E-state index is 12.3. The molecule has 0 aliphatic heterocycles. The fraction of sp³-hybridized carbons (Fsp3) is 0.400. The SMILES string of the molecule is CCOC(=O)c1nc(C)cc2nn(Cc3cnc(OCCC(F)(F)F)c(C)c3)cc12. The van der Waals surface area contributed by atoms with Crippen LogP contribution in [-0.4, -0.2) is 45.1 Å². The molecule has 0 aliphatic rings. The van der Waals surface area contributed by atoms with Crippen molar-refractivity contribution in [3.8, 4) is 5.88 Å². The van der Waals surface area contributed by atoms with Gasteiger partial charge in [0, 0.05) is 23.7 Å². The van der Waals surface area contributed by atoms with Crippen LogP contribution in [0.15, 0.2) is 24.5 Å². The number of nitrogens with zero attached hydrogens (tertiary/aromatic N) is 4. The van der Waals surface area contributed by atoms with Crippen molar-refractivity contribution in [2.24, 2.45) is 0 Å². The summed E-state index contributed by atoms with van der Waals surface area (Å²) in [7, 11) is 0. The van der Waals surface area contributed by atoms with Gasteiger partial charge in [0.1, 0.15) is 0 Å². The maximum absolute atomic E-state index is 12.3. The van der Waals surface area contributed by atoms with Crippen LogP contribution in [0, 0.1) is 13.8 Å². The van der Waals surface area contributed by atoms with Gasteiger partial charge in [-0.1, -0.05) is 0 Å². The highest BCUT2D eigenvalue weighted by Crippen LogP contribution is 2.22. The van der Waals surface area contributed by atoms with Crippen LogP contribution < -0.4 is 4.74 Å². The molecule has 0 atom stereocenters. The van der Waals surface area contributed by atoms with Gasteiger partial charge in [0.15, 0.2) is 5.69 Å².